The number of rotatable bonds is 5. The maximum atomic E-state index is 13.4. The van der Waals surface area contributed by atoms with Gasteiger partial charge in [-0.05, 0) is 37.4 Å². The molecule has 1 aromatic carbocycles. The van der Waals surface area contributed by atoms with E-state index in [9.17, 15) is 9.59 Å². The Morgan fingerprint density at radius 1 is 1.27 bits per heavy atom. The molecule has 4 rings (SSSR count). The highest BCUT2D eigenvalue weighted by Gasteiger charge is 2.33. The summed E-state index contributed by atoms with van der Waals surface area (Å²) in [5.41, 5.74) is 1.57. The summed E-state index contributed by atoms with van der Waals surface area (Å²) in [7, 11) is 1.60. The highest BCUT2D eigenvalue weighted by atomic mass is 32.1. The normalized spacial score (nSPS) is 16.2. The summed E-state index contributed by atoms with van der Waals surface area (Å²) < 4.78 is 12.8. The third-order valence-electron chi connectivity index (χ3n) is 4.76. The molecule has 3 heterocycles. The molecule has 1 unspecified atom stereocenters. The van der Waals surface area contributed by atoms with Gasteiger partial charge in [-0.25, -0.2) is 9.79 Å². The van der Waals surface area contributed by atoms with Gasteiger partial charge in [-0.1, -0.05) is 35.6 Å². The van der Waals surface area contributed by atoms with Crippen LogP contribution >= 0.6 is 22.7 Å². The maximum Gasteiger partial charge on any atom is 0.338 e. The first-order valence-electron chi connectivity index (χ1n) is 9.41. The molecule has 1 aliphatic rings. The lowest BCUT2D eigenvalue weighted by Gasteiger charge is -2.23. The van der Waals surface area contributed by atoms with Crippen LogP contribution in [-0.4, -0.2) is 24.3 Å². The number of aromatic nitrogens is 1. The van der Waals surface area contributed by atoms with Gasteiger partial charge in [0.2, 0.25) is 0 Å². The third kappa shape index (κ3) is 3.53. The highest BCUT2D eigenvalue weighted by molar-refractivity contribution is 7.10. The van der Waals surface area contributed by atoms with E-state index < -0.39 is 12.0 Å². The van der Waals surface area contributed by atoms with Crippen LogP contribution in [0.2, 0.25) is 0 Å². The van der Waals surface area contributed by atoms with E-state index in [-0.39, 0.29) is 12.2 Å². The Balaban J connectivity index is 1.95. The molecule has 0 N–H and O–H groups in total. The molecule has 0 amide bonds. The summed E-state index contributed by atoms with van der Waals surface area (Å²) in [5, 5.41) is 1.93. The molecule has 6 nitrogen and oxygen atoms in total. The molecule has 0 saturated heterocycles. The van der Waals surface area contributed by atoms with E-state index in [4.69, 9.17) is 9.47 Å². The number of allylic oxidation sites excluding steroid dienone is 1. The summed E-state index contributed by atoms with van der Waals surface area (Å²) in [5.74, 6) is 0.234. The van der Waals surface area contributed by atoms with Crippen molar-refractivity contribution in [3.8, 4) is 5.75 Å². The van der Waals surface area contributed by atoms with Crippen LogP contribution in [0.4, 0.5) is 0 Å². The second-order valence-corrected chi connectivity index (χ2v) is 8.55. The molecule has 3 aromatic rings. The smallest absolute Gasteiger partial charge is 0.338 e. The van der Waals surface area contributed by atoms with E-state index in [1.807, 2.05) is 41.8 Å². The van der Waals surface area contributed by atoms with Crippen LogP contribution in [0.5, 0.6) is 5.75 Å². The first kappa shape index (κ1) is 20.3. The molecule has 0 bridgehead atoms. The number of carbonyl (C=O) groups excluding carboxylic acids is 1. The summed E-state index contributed by atoms with van der Waals surface area (Å²) in [6, 6.07) is 10.8. The van der Waals surface area contributed by atoms with Gasteiger partial charge in [0.15, 0.2) is 4.80 Å². The van der Waals surface area contributed by atoms with Crippen molar-refractivity contribution >= 4 is 34.7 Å². The average Bonchev–Trinajstić information content (AvgIpc) is 3.36. The molecule has 0 radical (unpaired) electrons. The van der Waals surface area contributed by atoms with Crippen LogP contribution in [0.25, 0.3) is 6.08 Å². The van der Waals surface area contributed by atoms with Crippen molar-refractivity contribution in [1.29, 1.82) is 0 Å². The minimum absolute atomic E-state index is 0.197. The van der Waals surface area contributed by atoms with Gasteiger partial charge in [0.05, 0.1) is 29.5 Å². The number of thiazole rings is 1. The lowest BCUT2D eigenvalue weighted by atomic mass is 10.0. The van der Waals surface area contributed by atoms with Crippen LogP contribution < -0.4 is 19.6 Å². The predicted octanol–water partition coefficient (Wildman–Crippen LogP) is 2.87. The molecule has 0 fully saturated rings. The molecular weight excluding hydrogens is 420 g/mol. The Labute approximate surface area is 181 Å². The van der Waals surface area contributed by atoms with Crippen LogP contribution in [0, 0.1) is 0 Å². The summed E-state index contributed by atoms with van der Waals surface area (Å²) in [4.78, 5) is 32.2. The zero-order valence-electron chi connectivity index (χ0n) is 16.7. The van der Waals surface area contributed by atoms with E-state index >= 15 is 0 Å². The molecule has 2 aromatic heterocycles. The second-order valence-electron chi connectivity index (χ2n) is 6.56. The predicted molar refractivity (Wildman–Crippen MR) is 118 cm³/mol. The Hall–Kier alpha value is -2.97. The van der Waals surface area contributed by atoms with Gasteiger partial charge in [-0.15, -0.1) is 11.3 Å². The van der Waals surface area contributed by atoms with Crippen molar-refractivity contribution < 1.29 is 14.3 Å². The first-order valence-corrected chi connectivity index (χ1v) is 11.1. The molecule has 154 valence electrons. The van der Waals surface area contributed by atoms with Crippen molar-refractivity contribution in [2.24, 2.45) is 4.99 Å². The van der Waals surface area contributed by atoms with Crippen molar-refractivity contribution in [2.45, 2.75) is 19.9 Å². The minimum atomic E-state index is -0.555. The molecule has 0 spiro atoms. The van der Waals surface area contributed by atoms with Gasteiger partial charge in [-0.3, -0.25) is 9.36 Å². The second kappa shape index (κ2) is 8.41. The van der Waals surface area contributed by atoms with Gasteiger partial charge < -0.3 is 9.47 Å². The van der Waals surface area contributed by atoms with Crippen molar-refractivity contribution in [2.75, 3.05) is 13.7 Å². The lowest BCUT2D eigenvalue weighted by Crippen LogP contribution is -2.39. The van der Waals surface area contributed by atoms with E-state index in [0.717, 1.165) is 10.4 Å². The lowest BCUT2D eigenvalue weighted by molar-refractivity contribution is -0.139. The first-order chi connectivity index (χ1) is 14.5. The number of methoxy groups -OCH3 is 1. The summed E-state index contributed by atoms with van der Waals surface area (Å²) in [6.45, 7) is 3.80. The van der Waals surface area contributed by atoms with E-state index in [1.54, 1.807) is 31.6 Å². The maximum absolute atomic E-state index is 13.4. The Kier molecular flexibility index (Phi) is 5.69. The summed E-state index contributed by atoms with van der Waals surface area (Å²) in [6.07, 6.45) is 1.80. The van der Waals surface area contributed by atoms with Crippen LogP contribution in [-0.2, 0) is 9.53 Å². The van der Waals surface area contributed by atoms with Gasteiger partial charge in [-0.2, -0.15) is 0 Å². The Bertz CT molecular complexity index is 1300. The topological polar surface area (TPSA) is 69.9 Å². The van der Waals surface area contributed by atoms with Crippen LogP contribution in [0.1, 0.15) is 30.3 Å². The molecule has 8 heteroatoms. The number of esters is 1. The zero-order valence-corrected chi connectivity index (χ0v) is 18.4. The number of ether oxygens (including phenoxy) is 2. The molecule has 0 aliphatic carbocycles. The Morgan fingerprint density at radius 2 is 2.07 bits per heavy atom. The zero-order chi connectivity index (χ0) is 21.3. The molecule has 30 heavy (non-hydrogen) atoms. The fourth-order valence-corrected chi connectivity index (χ4v) is 5.30. The quantitative estimate of drug-likeness (QED) is 0.572. The number of hydrogen-bond donors (Lipinski definition) is 0. The van der Waals surface area contributed by atoms with E-state index in [1.165, 1.54) is 22.7 Å². The van der Waals surface area contributed by atoms with Crippen molar-refractivity contribution in [3.05, 3.63) is 83.2 Å². The van der Waals surface area contributed by atoms with E-state index in [0.29, 0.717) is 26.4 Å². The van der Waals surface area contributed by atoms with Crippen LogP contribution in [0.3, 0.4) is 0 Å². The number of benzene rings is 1. The number of thiophene rings is 1. The van der Waals surface area contributed by atoms with E-state index in [2.05, 4.69) is 4.99 Å². The summed E-state index contributed by atoms with van der Waals surface area (Å²) >= 11 is 2.79. The van der Waals surface area contributed by atoms with Crippen molar-refractivity contribution in [3.63, 3.8) is 0 Å². The van der Waals surface area contributed by atoms with Gasteiger partial charge in [0, 0.05) is 10.4 Å². The van der Waals surface area contributed by atoms with Crippen LogP contribution in [0.15, 0.2) is 62.8 Å². The fraction of sp³-hybridized carbons (Fsp3) is 0.227. The highest BCUT2D eigenvalue weighted by Crippen LogP contribution is 2.33. The number of para-hydroxylation sites is 1. The number of hydrogen-bond acceptors (Lipinski definition) is 7. The average molecular weight is 441 g/mol. The van der Waals surface area contributed by atoms with Crippen molar-refractivity contribution in [1.82, 2.24) is 4.57 Å². The molecule has 1 aliphatic heterocycles. The number of fused-ring (bicyclic) bond motifs is 1. The SMILES string of the molecule is CCOC(=O)C1=C(C)N=c2sc(=Cc3ccccc3OC)c(=O)n2C1c1cccs1. The largest absolute Gasteiger partial charge is 0.496 e. The third-order valence-corrected chi connectivity index (χ3v) is 6.66. The molecule has 1 atom stereocenters. The van der Waals surface area contributed by atoms with Gasteiger partial charge >= 0.3 is 5.97 Å². The standard InChI is InChI=1S/C22H20N2O4S2/c1-4-28-21(26)18-13(2)23-22-24(19(18)16-10-7-11-29-16)20(25)17(30-22)12-14-8-5-6-9-15(14)27-3/h5-12,19H,4H2,1-3H3. The van der Waals surface area contributed by atoms with Gasteiger partial charge in [0.25, 0.3) is 5.56 Å². The Morgan fingerprint density at radius 3 is 2.77 bits per heavy atom. The monoisotopic (exact) mass is 440 g/mol. The number of carbonyl (C=O) groups is 1. The fourth-order valence-electron chi connectivity index (χ4n) is 3.43. The van der Waals surface area contributed by atoms with Gasteiger partial charge in [0.1, 0.15) is 11.8 Å². The number of nitrogens with zero attached hydrogens (tertiary/aromatic N) is 2. The minimum Gasteiger partial charge on any atom is -0.496 e. The molecule has 0 saturated carbocycles. The molecular formula is C22H20N2O4S2.